The van der Waals surface area contributed by atoms with E-state index in [-0.39, 0.29) is 23.0 Å². The van der Waals surface area contributed by atoms with Crippen molar-refractivity contribution in [1.29, 1.82) is 0 Å². The van der Waals surface area contributed by atoms with Crippen molar-refractivity contribution >= 4 is 46.3 Å². The molecule has 2 saturated heterocycles. The maximum atomic E-state index is 12.9. The van der Waals surface area contributed by atoms with Crippen LogP contribution < -0.4 is 4.90 Å². The fraction of sp³-hybridized carbons (Fsp3) is 0.192. The third-order valence-electron chi connectivity index (χ3n) is 6.18. The summed E-state index contributed by atoms with van der Waals surface area (Å²) in [6.07, 6.45) is 1.46. The van der Waals surface area contributed by atoms with E-state index in [9.17, 15) is 24.5 Å². The fourth-order valence-corrected chi connectivity index (χ4v) is 5.00. The highest BCUT2D eigenvalue weighted by Gasteiger charge is 2.37. The molecule has 3 amide bonds. The highest BCUT2D eigenvalue weighted by atomic mass is 32.2. The largest absolute Gasteiger partial charge is 0.457 e. The Labute approximate surface area is 216 Å². The van der Waals surface area contributed by atoms with E-state index in [1.807, 2.05) is 30.3 Å². The minimum absolute atomic E-state index is 0.0307. The number of para-hydroxylation sites is 1. The first-order valence-electron chi connectivity index (χ1n) is 11.6. The average Bonchev–Trinajstić information content (AvgIpc) is 3.49. The van der Waals surface area contributed by atoms with Gasteiger partial charge in [0, 0.05) is 55.6 Å². The lowest BCUT2D eigenvalue weighted by atomic mass is 10.1. The highest BCUT2D eigenvalue weighted by molar-refractivity contribution is 8.18. The molecular weight excluding hydrogens is 496 g/mol. The Bertz CT molecular complexity index is 1380. The number of amides is 3. The minimum Gasteiger partial charge on any atom is -0.457 e. The lowest BCUT2D eigenvalue weighted by Crippen LogP contribution is -2.51. The number of hydrogen-bond acceptors (Lipinski definition) is 8. The van der Waals surface area contributed by atoms with E-state index < -0.39 is 16.1 Å². The van der Waals surface area contributed by atoms with Crippen LogP contribution in [-0.2, 0) is 9.59 Å². The van der Waals surface area contributed by atoms with Crippen LogP contribution in [0.15, 0.2) is 76.1 Å². The van der Waals surface area contributed by atoms with Crippen molar-refractivity contribution in [3.05, 3.63) is 87.5 Å². The lowest BCUT2D eigenvalue weighted by Gasteiger charge is -2.36. The standard InChI is InChI=1S/C26H22N4O6S/c31-24(28-14-12-27(13-15-28)19-4-2-1-3-5-19)17-29-25(32)23(37-26(29)33)16-21-10-11-22(36-21)18-6-8-20(9-7-18)30(34)35/h1-11,16H,12-15,17H2/b23-16+. The van der Waals surface area contributed by atoms with Crippen LogP contribution in [0, 0.1) is 10.1 Å². The normalized spacial score (nSPS) is 17.1. The number of thioether (sulfide) groups is 1. The van der Waals surface area contributed by atoms with E-state index >= 15 is 0 Å². The van der Waals surface area contributed by atoms with E-state index in [4.69, 9.17) is 4.42 Å². The number of nitro benzene ring substituents is 1. The van der Waals surface area contributed by atoms with Gasteiger partial charge in [0.2, 0.25) is 5.91 Å². The van der Waals surface area contributed by atoms with Gasteiger partial charge in [-0.25, -0.2) is 0 Å². The number of anilines is 1. The van der Waals surface area contributed by atoms with Crippen molar-refractivity contribution in [2.24, 2.45) is 0 Å². The van der Waals surface area contributed by atoms with Crippen LogP contribution in [-0.4, -0.2) is 64.5 Å². The van der Waals surface area contributed by atoms with Crippen LogP contribution in [0.4, 0.5) is 16.2 Å². The molecule has 0 radical (unpaired) electrons. The quantitative estimate of drug-likeness (QED) is 0.270. The van der Waals surface area contributed by atoms with Crippen molar-refractivity contribution in [3.63, 3.8) is 0 Å². The Morgan fingerprint density at radius 3 is 2.35 bits per heavy atom. The van der Waals surface area contributed by atoms with Crippen molar-refractivity contribution < 1.29 is 23.7 Å². The lowest BCUT2D eigenvalue weighted by molar-refractivity contribution is -0.384. The third-order valence-corrected chi connectivity index (χ3v) is 7.09. The molecule has 0 spiro atoms. The Kier molecular flexibility index (Phi) is 6.78. The molecule has 3 aromatic rings. The molecule has 2 aliphatic heterocycles. The zero-order valence-corrected chi connectivity index (χ0v) is 20.4. The molecule has 2 aromatic carbocycles. The number of piperazine rings is 1. The van der Waals surface area contributed by atoms with Crippen molar-refractivity contribution in [1.82, 2.24) is 9.80 Å². The molecule has 2 fully saturated rings. The highest BCUT2D eigenvalue weighted by Crippen LogP contribution is 2.33. The Morgan fingerprint density at radius 1 is 0.973 bits per heavy atom. The maximum Gasteiger partial charge on any atom is 0.294 e. The monoisotopic (exact) mass is 518 g/mol. The second-order valence-corrected chi connectivity index (χ2v) is 9.47. The fourth-order valence-electron chi connectivity index (χ4n) is 4.19. The first-order valence-corrected chi connectivity index (χ1v) is 12.4. The van der Waals surface area contributed by atoms with Crippen molar-refractivity contribution in [2.45, 2.75) is 0 Å². The van der Waals surface area contributed by atoms with E-state index in [0.29, 0.717) is 43.3 Å². The van der Waals surface area contributed by atoms with Crippen LogP contribution in [0.2, 0.25) is 0 Å². The summed E-state index contributed by atoms with van der Waals surface area (Å²) >= 11 is 0.758. The molecule has 1 aromatic heterocycles. The molecule has 5 rings (SSSR count). The number of carbonyl (C=O) groups is 3. The molecule has 0 bridgehead atoms. The number of nitro groups is 1. The second kappa shape index (κ2) is 10.3. The second-order valence-electron chi connectivity index (χ2n) is 8.48. The summed E-state index contributed by atoms with van der Waals surface area (Å²) in [5.74, 6) is 0.00156. The Balaban J connectivity index is 1.20. The average molecular weight is 519 g/mol. The topological polar surface area (TPSA) is 117 Å². The predicted molar refractivity (Wildman–Crippen MR) is 139 cm³/mol. The molecule has 0 aliphatic carbocycles. The van der Waals surface area contributed by atoms with Gasteiger partial charge in [-0.2, -0.15) is 0 Å². The smallest absolute Gasteiger partial charge is 0.294 e. The minimum atomic E-state index is -0.542. The van der Waals surface area contributed by atoms with Gasteiger partial charge in [0.05, 0.1) is 9.83 Å². The summed E-state index contributed by atoms with van der Waals surface area (Å²) in [6, 6.07) is 19.2. The molecule has 10 nitrogen and oxygen atoms in total. The van der Waals surface area contributed by atoms with E-state index in [1.54, 1.807) is 29.2 Å². The molecule has 188 valence electrons. The Morgan fingerprint density at radius 2 is 1.68 bits per heavy atom. The SMILES string of the molecule is O=C(CN1C(=O)S/C(=C/c2ccc(-c3ccc([N+](=O)[O-])cc3)o2)C1=O)N1CCN(c2ccccc2)CC1. The summed E-state index contributed by atoms with van der Waals surface area (Å²) in [5.41, 5.74) is 1.70. The number of carbonyl (C=O) groups excluding carboxylic acids is 3. The van der Waals surface area contributed by atoms with E-state index in [2.05, 4.69) is 4.90 Å². The number of furan rings is 1. The van der Waals surface area contributed by atoms with Gasteiger partial charge in [-0.3, -0.25) is 29.4 Å². The molecule has 0 N–H and O–H groups in total. The van der Waals surface area contributed by atoms with Crippen molar-refractivity contribution in [3.8, 4) is 11.3 Å². The molecule has 0 saturated carbocycles. The predicted octanol–water partition coefficient (Wildman–Crippen LogP) is 4.24. The van der Waals surface area contributed by atoms with Crippen LogP contribution in [0.25, 0.3) is 17.4 Å². The number of hydrogen-bond donors (Lipinski definition) is 0. The molecule has 2 aliphatic rings. The van der Waals surface area contributed by atoms with Gasteiger partial charge >= 0.3 is 0 Å². The van der Waals surface area contributed by atoms with Crippen molar-refractivity contribution in [2.75, 3.05) is 37.6 Å². The van der Waals surface area contributed by atoms with Gasteiger partial charge in [0.15, 0.2) is 0 Å². The van der Waals surface area contributed by atoms with Gasteiger partial charge in [0.1, 0.15) is 18.1 Å². The van der Waals surface area contributed by atoms with E-state index in [1.165, 1.54) is 18.2 Å². The summed E-state index contributed by atoms with van der Waals surface area (Å²) in [5, 5.41) is 10.3. The Hall–Kier alpha value is -4.38. The van der Waals surface area contributed by atoms with E-state index in [0.717, 1.165) is 22.3 Å². The third kappa shape index (κ3) is 5.26. The zero-order valence-electron chi connectivity index (χ0n) is 19.6. The van der Waals surface area contributed by atoms with Crippen LogP contribution in [0.3, 0.4) is 0 Å². The maximum absolute atomic E-state index is 12.9. The van der Waals surface area contributed by atoms with Gasteiger partial charge in [-0.15, -0.1) is 0 Å². The number of imide groups is 1. The number of benzene rings is 2. The molecular formula is C26H22N4O6S. The number of non-ortho nitro benzene ring substituents is 1. The van der Waals surface area contributed by atoms with Gasteiger partial charge in [-0.1, -0.05) is 18.2 Å². The molecule has 11 heteroatoms. The summed E-state index contributed by atoms with van der Waals surface area (Å²) in [7, 11) is 0. The van der Waals surface area contributed by atoms with Gasteiger partial charge in [-0.05, 0) is 48.2 Å². The first-order chi connectivity index (χ1) is 17.9. The molecule has 0 atom stereocenters. The zero-order chi connectivity index (χ0) is 25.9. The number of rotatable bonds is 6. The molecule has 37 heavy (non-hydrogen) atoms. The summed E-state index contributed by atoms with van der Waals surface area (Å²) in [6.45, 7) is 2.06. The van der Waals surface area contributed by atoms with Crippen LogP contribution >= 0.6 is 11.8 Å². The number of nitrogens with zero attached hydrogens (tertiary/aromatic N) is 4. The van der Waals surface area contributed by atoms with Crippen LogP contribution in [0.1, 0.15) is 5.76 Å². The first kappa shape index (κ1) is 24.3. The molecule has 3 heterocycles. The summed E-state index contributed by atoms with van der Waals surface area (Å²) in [4.78, 5) is 53.6. The van der Waals surface area contributed by atoms with Crippen LogP contribution in [0.5, 0.6) is 0 Å². The summed E-state index contributed by atoms with van der Waals surface area (Å²) < 4.78 is 5.75. The molecule has 0 unspecified atom stereocenters. The van der Waals surface area contributed by atoms with Gasteiger partial charge < -0.3 is 14.2 Å². The van der Waals surface area contributed by atoms with Gasteiger partial charge in [0.25, 0.3) is 16.8 Å².